The Hall–Kier alpha value is -1.60. The molecule has 0 aliphatic heterocycles. The van der Waals surface area contributed by atoms with E-state index in [1.807, 2.05) is 0 Å². The normalized spacial score (nSPS) is 40.2. The molecule has 8 nitrogen and oxygen atoms in total. The maximum atomic E-state index is 8.02. The molecule has 2 aliphatic carbocycles. The van der Waals surface area contributed by atoms with E-state index >= 15 is 0 Å². The fraction of sp³-hybridized carbons (Fsp3) is 1.00. The summed E-state index contributed by atoms with van der Waals surface area (Å²) in [5.74, 6) is 0. The predicted molar refractivity (Wildman–Crippen MR) is 108 cm³/mol. The number of hydrogen-bond acceptors (Lipinski definition) is 8. The monoisotopic (exact) mass is 390 g/mol. The van der Waals surface area contributed by atoms with Gasteiger partial charge in [0.1, 0.15) is 0 Å². The molecule has 0 spiro atoms. The summed E-state index contributed by atoms with van der Waals surface area (Å²) in [5, 5.41) is 16.4. The topological polar surface area (TPSA) is 145 Å². The van der Waals surface area contributed by atoms with Crippen LogP contribution in [0, 0.1) is 22.1 Å². The SMILES string of the molecule is CCC1(N=N)CCCC2(N=N)CCC(CC)(N=N)CCCC(N=N)(CC1)CC2. The van der Waals surface area contributed by atoms with Crippen LogP contribution in [-0.2, 0) is 0 Å². The van der Waals surface area contributed by atoms with Crippen molar-refractivity contribution in [2.75, 3.05) is 0 Å². The molecule has 0 saturated heterocycles. The Balaban J connectivity index is 2.44. The first-order valence-electron chi connectivity index (χ1n) is 10.9. The fourth-order valence-corrected chi connectivity index (χ4v) is 5.31. The van der Waals surface area contributed by atoms with Crippen molar-refractivity contribution in [1.29, 1.82) is 22.1 Å². The second-order valence-electron chi connectivity index (χ2n) is 9.26. The lowest BCUT2D eigenvalue weighted by Gasteiger charge is -2.41. The van der Waals surface area contributed by atoms with Gasteiger partial charge in [0.15, 0.2) is 0 Å². The lowest BCUT2D eigenvalue weighted by Crippen LogP contribution is -2.40. The summed E-state index contributed by atoms with van der Waals surface area (Å²) in [6, 6.07) is 0. The van der Waals surface area contributed by atoms with Crippen LogP contribution < -0.4 is 0 Å². The van der Waals surface area contributed by atoms with Crippen LogP contribution in [-0.4, -0.2) is 22.2 Å². The smallest absolute Gasteiger partial charge is 0.0815 e. The summed E-state index contributed by atoms with van der Waals surface area (Å²) in [6.45, 7) is 4.19. The van der Waals surface area contributed by atoms with E-state index in [0.29, 0.717) is 0 Å². The summed E-state index contributed by atoms with van der Waals surface area (Å²) in [7, 11) is 0. The molecule has 0 aromatic heterocycles. The maximum Gasteiger partial charge on any atom is 0.0815 e. The van der Waals surface area contributed by atoms with Crippen LogP contribution in [0.25, 0.3) is 0 Å². The van der Waals surface area contributed by atoms with Crippen LogP contribution in [0.5, 0.6) is 0 Å². The summed E-state index contributed by atoms with van der Waals surface area (Å²) in [4.78, 5) is 0. The van der Waals surface area contributed by atoms with Gasteiger partial charge in [-0.25, -0.2) is 22.1 Å². The summed E-state index contributed by atoms with van der Waals surface area (Å²) >= 11 is 0. The summed E-state index contributed by atoms with van der Waals surface area (Å²) in [5.41, 5.74) is 30.0. The minimum atomic E-state index is -0.461. The van der Waals surface area contributed by atoms with Gasteiger partial charge in [0, 0.05) is 0 Å². The highest BCUT2D eigenvalue weighted by atomic mass is 15.1. The third-order valence-electron chi connectivity index (χ3n) is 8.00. The molecular weight excluding hydrogens is 352 g/mol. The molecule has 0 aromatic rings. The molecule has 2 aliphatic rings. The zero-order valence-electron chi connectivity index (χ0n) is 17.7. The van der Waals surface area contributed by atoms with Gasteiger partial charge in [-0.1, -0.05) is 13.8 Å². The Morgan fingerprint density at radius 1 is 0.500 bits per heavy atom. The Kier molecular flexibility index (Phi) is 7.51. The molecular formula is C20H38N8. The van der Waals surface area contributed by atoms with Gasteiger partial charge in [0.2, 0.25) is 0 Å². The van der Waals surface area contributed by atoms with Crippen molar-refractivity contribution in [3.8, 4) is 0 Å². The van der Waals surface area contributed by atoms with E-state index < -0.39 is 11.1 Å². The van der Waals surface area contributed by atoms with Crippen molar-refractivity contribution >= 4 is 0 Å². The molecule has 0 aromatic carbocycles. The summed E-state index contributed by atoms with van der Waals surface area (Å²) in [6.07, 6.45) is 11.4. The van der Waals surface area contributed by atoms with Gasteiger partial charge in [0.25, 0.3) is 0 Å². The zero-order chi connectivity index (χ0) is 20.7. The third kappa shape index (κ3) is 4.69. The van der Waals surface area contributed by atoms with Gasteiger partial charge in [-0.05, 0) is 89.9 Å². The Labute approximate surface area is 169 Å². The fourth-order valence-electron chi connectivity index (χ4n) is 5.31. The molecule has 0 heterocycles. The molecule has 158 valence electrons. The van der Waals surface area contributed by atoms with E-state index in [-0.39, 0.29) is 11.1 Å². The van der Waals surface area contributed by atoms with Gasteiger partial charge < -0.3 is 0 Å². The van der Waals surface area contributed by atoms with Crippen LogP contribution in [0.3, 0.4) is 0 Å². The minimum Gasteiger partial charge on any atom is -0.209 e. The number of hydrogen-bond donors (Lipinski definition) is 4. The number of fused-ring (bicyclic) bond motifs is 3. The Bertz CT molecular complexity index is 523. The third-order valence-corrected chi connectivity index (χ3v) is 8.00. The van der Waals surface area contributed by atoms with Crippen molar-refractivity contribution < 1.29 is 0 Å². The average Bonchev–Trinajstić information content (AvgIpc) is 2.75. The van der Waals surface area contributed by atoms with Crippen LogP contribution in [0.15, 0.2) is 20.5 Å². The van der Waals surface area contributed by atoms with E-state index in [9.17, 15) is 0 Å². The van der Waals surface area contributed by atoms with Gasteiger partial charge >= 0.3 is 0 Å². The lowest BCUT2D eigenvalue weighted by atomic mass is 9.68. The van der Waals surface area contributed by atoms with E-state index in [2.05, 4.69) is 34.3 Å². The van der Waals surface area contributed by atoms with Crippen LogP contribution in [0.1, 0.15) is 104 Å². The molecule has 2 bridgehead atoms. The minimum absolute atomic E-state index is 0.366. The standard InChI is InChI=1S/C20H38N8/c1-3-17(25-21)7-5-9-20(28-24)14-12-18(4-2,26-22)8-6-10-19(27-23,13-11-17)15-16-20/h21-24H,3-16H2,1-2H3. The van der Waals surface area contributed by atoms with E-state index in [0.717, 1.165) is 89.9 Å². The zero-order valence-corrected chi connectivity index (χ0v) is 17.7. The van der Waals surface area contributed by atoms with Crippen LogP contribution in [0.4, 0.5) is 0 Å². The Morgan fingerprint density at radius 2 is 0.857 bits per heavy atom. The first-order chi connectivity index (χ1) is 13.4. The second kappa shape index (κ2) is 9.27. The molecule has 0 radical (unpaired) electrons. The van der Waals surface area contributed by atoms with Gasteiger partial charge in [-0.3, -0.25) is 0 Å². The molecule has 2 rings (SSSR count). The van der Waals surface area contributed by atoms with E-state index in [1.165, 1.54) is 0 Å². The van der Waals surface area contributed by atoms with Crippen molar-refractivity contribution in [1.82, 2.24) is 0 Å². The highest BCUT2D eigenvalue weighted by Crippen LogP contribution is 2.46. The first kappa shape index (κ1) is 22.7. The predicted octanol–water partition coefficient (Wildman–Crippen LogP) is 7.59. The highest BCUT2D eigenvalue weighted by molar-refractivity contribution is 5.01. The molecule has 2 saturated carbocycles. The van der Waals surface area contributed by atoms with Gasteiger partial charge in [-0.15, -0.1) is 0 Å². The molecule has 28 heavy (non-hydrogen) atoms. The van der Waals surface area contributed by atoms with Crippen molar-refractivity contribution in [3.63, 3.8) is 0 Å². The first-order valence-corrected chi connectivity index (χ1v) is 10.9. The molecule has 8 heteroatoms. The number of rotatable bonds is 6. The highest BCUT2D eigenvalue weighted by Gasteiger charge is 2.43. The van der Waals surface area contributed by atoms with Crippen molar-refractivity contribution in [2.24, 2.45) is 20.5 Å². The molecule has 2 fully saturated rings. The summed E-state index contributed by atoms with van der Waals surface area (Å²) < 4.78 is 0. The molecule has 0 amide bonds. The molecule has 4 N–H and O–H groups in total. The number of nitrogens with one attached hydrogen (secondary N) is 4. The van der Waals surface area contributed by atoms with E-state index in [1.54, 1.807) is 0 Å². The van der Waals surface area contributed by atoms with Crippen LogP contribution in [0.2, 0.25) is 0 Å². The quantitative estimate of drug-likeness (QED) is 0.331. The average molecular weight is 391 g/mol. The largest absolute Gasteiger partial charge is 0.209 e. The van der Waals surface area contributed by atoms with Crippen molar-refractivity contribution in [2.45, 2.75) is 126 Å². The van der Waals surface area contributed by atoms with Gasteiger partial charge in [-0.2, -0.15) is 20.5 Å². The van der Waals surface area contributed by atoms with E-state index in [4.69, 9.17) is 22.1 Å². The maximum absolute atomic E-state index is 8.02. The second-order valence-corrected chi connectivity index (χ2v) is 9.26. The van der Waals surface area contributed by atoms with Crippen LogP contribution >= 0.6 is 0 Å². The Morgan fingerprint density at radius 3 is 1.14 bits per heavy atom. The molecule has 4 unspecified atom stereocenters. The van der Waals surface area contributed by atoms with Crippen molar-refractivity contribution in [3.05, 3.63) is 0 Å². The number of nitrogens with zero attached hydrogens (tertiary/aromatic N) is 4. The lowest BCUT2D eigenvalue weighted by molar-refractivity contribution is 0.159. The molecule has 4 atom stereocenters. The van der Waals surface area contributed by atoms with Gasteiger partial charge in [0.05, 0.1) is 22.2 Å².